The molecule has 3 aromatic carbocycles. The van der Waals surface area contributed by atoms with Gasteiger partial charge in [0.15, 0.2) is 14.7 Å². The van der Waals surface area contributed by atoms with E-state index >= 15 is 0 Å². The smallest absolute Gasteiger partial charge is 0.166 e. The summed E-state index contributed by atoms with van der Waals surface area (Å²) < 4.78 is 5.19. The Hall–Kier alpha value is -2.07. The van der Waals surface area contributed by atoms with Crippen molar-refractivity contribution in [2.75, 3.05) is 27.3 Å². The van der Waals surface area contributed by atoms with E-state index < -0.39 is 0 Å². The lowest BCUT2D eigenvalue weighted by atomic mass is 10.2. The van der Waals surface area contributed by atoms with Crippen LogP contribution in [-0.4, -0.2) is 32.2 Å². The molecule has 0 bridgehead atoms. The van der Waals surface area contributed by atoms with Gasteiger partial charge >= 0.3 is 0 Å². The number of hydrogen-bond donors (Lipinski definition) is 0. The van der Waals surface area contributed by atoms with Gasteiger partial charge in [-0.15, -0.1) is 0 Å². The van der Waals surface area contributed by atoms with Gasteiger partial charge in [-0.3, -0.25) is 4.90 Å². The summed E-state index contributed by atoms with van der Waals surface area (Å²) in [6.45, 7) is 2.62. The van der Waals surface area contributed by atoms with E-state index in [1.54, 1.807) is 7.11 Å². The zero-order valence-corrected chi connectivity index (χ0v) is 16.3. The molecule has 0 atom stereocenters. The lowest BCUT2D eigenvalue weighted by Gasteiger charge is -2.16. The number of rotatable bonds is 8. The van der Waals surface area contributed by atoms with E-state index in [0.717, 1.165) is 19.7 Å². The molecule has 0 radical (unpaired) electrons. The van der Waals surface area contributed by atoms with Crippen LogP contribution in [0.4, 0.5) is 0 Å². The molecule has 0 spiro atoms. The molecule has 0 aliphatic rings. The molecular formula is C23H26NOS+. The van der Waals surface area contributed by atoms with E-state index in [4.69, 9.17) is 4.74 Å². The molecule has 0 N–H and O–H groups in total. The Labute approximate surface area is 159 Å². The van der Waals surface area contributed by atoms with E-state index in [1.165, 1.54) is 20.2 Å². The summed E-state index contributed by atoms with van der Waals surface area (Å²) in [5, 5.41) is 0. The van der Waals surface area contributed by atoms with Gasteiger partial charge in [0.2, 0.25) is 0 Å². The standard InChI is InChI=1S/C23H26NOS/c1-24(16-17-25-2)19-20-10-9-15-23(18-20)26(21-11-5-3-6-12-21)22-13-7-4-8-14-22/h3-15,18H,16-17,19H2,1-2H3/q+1. The SMILES string of the molecule is COCCN(C)Cc1cccc([S+](c2ccccc2)c2ccccc2)c1. The molecule has 2 nitrogen and oxygen atoms in total. The fourth-order valence-corrected chi connectivity index (χ4v) is 5.09. The molecular weight excluding hydrogens is 338 g/mol. The zero-order chi connectivity index (χ0) is 18.2. The van der Waals surface area contributed by atoms with Crippen LogP contribution in [-0.2, 0) is 22.2 Å². The molecule has 0 fully saturated rings. The highest BCUT2D eigenvalue weighted by Gasteiger charge is 2.28. The number of likely N-dealkylation sites (N-methyl/N-ethyl adjacent to an activating group) is 1. The van der Waals surface area contributed by atoms with Crippen LogP contribution in [0.5, 0.6) is 0 Å². The third-order valence-electron chi connectivity index (χ3n) is 4.22. The van der Waals surface area contributed by atoms with Crippen LogP contribution in [0.1, 0.15) is 5.56 Å². The highest BCUT2D eigenvalue weighted by Crippen LogP contribution is 2.31. The first kappa shape index (κ1) is 18.7. The lowest BCUT2D eigenvalue weighted by molar-refractivity contribution is 0.158. The summed E-state index contributed by atoms with van der Waals surface area (Å²) in [5.41, 5.74) is 1.34. The summed E-state index contributed by atoms with van der Waals surface area (Å²) in [6.07, 6.45) is 0. The van der Waals surface area contributed by atoms with Gasteiger partial charge in [-0.2, -0.15) is 0 Å². The molecule has 134 valence electrons. The van der Waals surface area contributed by atoms with Crippen molar-refractivity contribution in [3.05, 3.63) is 90.5 Å². The van der Waals surface area contributed by atoms with Crippen LogP contribution in [0.2, 0.25) is 0 Å². The van der Waals surface area contributed by atoms with Crippen molar-refractivity contribution in [1.29, 1.82) is 0 Å². The molecule has 0 aliphatic carbocycles. The Morgan fingerprint density at radius 1 is 0.769 bits per heavy atom. The van der Waals surface area contributed by atoms with E-state index in [9.17, 15) is 0 Å². The van der Waals surface area contributed by atoms with Gasteiger partial charge in [0.05, 0.1) is 17.5 Å². The minimum Gasteiger partial charge on any atom is -0.383 e. The second-order valence-electron chi connectivity index (χ2n) is 6.31. The van der Waals surface area contributed by atoms with Gasteiger partial charge < -0.3 is 4.74 Å². The summed E-state index contributed by atoms with van der Waals surface area (Å²) >= 11 is 0. The highest BCUT2D eigenvalue weighted by molar-refractivity contribution is 7.97. The average molecular weight is 365 g/mol. The summed E-state index contributed by atoms with van der Waals surface area (Å²) in [6, 6.07) is 30.6. The predicted molar refractivity (Wildman–Crippen MR) is 110 cm³/mol. The highest BCUT2D eigenvalue weighted by atomic mass is 32.2. The van der Waals surface area contributed by atoms with Gasteiger partial charge in [0.1, 0.15) is 0 Å². The van der Waals surface area contributed by atoms with Crippen molar-refractivity contribution in [1.82, 2.24) is 4.90 Å². The molecule has 0 heterocycles. The van der Waals surface area contributed by atoms with Gasteiger partial charge in [0, 0.05) is 20.2 Å². The van der Waals surface area contributed by atoms with E-state index in [2.05, 4.69) is 96.9 Å². The first-order valence-electron chi connectivity index (χ1n) is 8.89. The molecule has 26 heavy (non-hydrogen) atoms. The molecule has 0 saturated heterocycles. The Bertz CT molecular complexity index is 752. The van der Waals surface area contributed by atoms with Gasteiger partial charge in [-0.1, -0.05) is 48.5 Å². The molecule has 0 unspecified atom stereocenters. The lowest BCUT2D eigenvalue weighted by Crippen LogP contribution is -2.22. The molecule has 3 rings (SSSR count). The maximum absolute atomic E-state index is 5.19. The summed E-state index contributed by atoms with van der Waals surface area (Å²) in [7, 11) is 3.80. The molecule has 3 heteroatoms. The van der Waals surface area contributed by atoms with E-state index in [1.807, 2.05) is 0 Å². The second-order valence-corrected chi connectivity index (χ2v) is 8.34. The van der Waals surface area contributed by atoms with Crippen LogP contribution < -0.4 is 0 Å². The monoisotopic (exact) mass is 364 g/mol. The largest absolute Gasteiger partial charge is 0.383 e. The van der Waals surface area contributed by atoms with Crippen molar-refractivity contribution < 1.29 is 4.74 Å². The number of benzene rings is 3. The van der Waals surface area contributed by atoms with Crippen molar-refractivity contribution in [2.45, 2.75) is 21.2 Å². The third-order valence-corrected chi connectivity index (χ3v) is 6.43. The molecule has 0 aromatic heterocycles. The number of hydrogen-bond acceptors (Lipinski definition) is 2. The van der Waals surface area contributed by atoms with Crippen molar-refractivity contribution in [3.8, 4) is 0 Å². The topological polar surface area (TPSA) is 12.5 Å². The van der Waals surface area contributed by atoms with E-state index in [0.29, 0.717) is 0 Å². The molecule has 0 amide bonds. The van der Waals surface area contributed by atoms with Gasteiger partial charge in [0.25, 0.3) is 0 Å². The quantitative estimate of drug-likeness (QED) is 0.529. The van der Waals surface area contributed by atoms with Crippen LogP contribution in [0.3, 0.4) is 0 Å². The minimum absolute atomic E-state index is 0.0883. The average Bonchev–Trinajstić information content (AvgIpc) is 2.69. The summed E-state index contributed by atoms with van der Waals surface area (Å²) in [4.78, 5) is 6.36. The summed E-state index contributed by atoms with van der Waals surface area (Å²) in [5.74, 6) is 0. The number of ether oxygens (including phenoxy) is 1. The molecule has 0 saturated carbocycles. The maximum atomic E-state index is 5.19. The van der Waals surface area contributed by atoms with Crippen LogP contribution in [0.25, 0.3) is 0 Å². The van der Waals surface area contributed by atoms with Crippen LogP contribution >= 0.6 is 0 Å². The number of nitrogens with zero attached hydrogens (tertiary/aromatic N) is 1. The zero-order valence-electron chi connectivity index (χ0n) is 15.5. The van der Waals surface area contributed by atoms with Crippen LogP contribution in [0, 0.1) is 0 Å². The van der Waals surface area contributed by atoms with Gasteiger partial charge in [-0.05, 0) is 49.0 Å². The van der Waals surface area contributed by atoms with Crippen molar-refractivity contribution in [2.24, 2.45) is 0 Å². The van der Waals surface area contributed by atoms with E-state index in [-0.39, 0.29) is 10.9 Å². The normalized spacial score (nSPS) is 11.2. The van der Waals surface area contributed by atoms with Crippen LogP contribution in [0.15, 0.2) is 99.6 Å². The fraction of sp³-hybridized carbons (Fsp3) is 0.217. The Kier molecular flexibility index (Phi) is 6.89. The van der Waals surface area contributed by atoms with Gasteiger partial charge in [-0.25, -0.2) is 0 Å². The fourth-order valence-electron chi connectivity index (χ4n) is 2.93. The predicted octanol–water partition coefficient (Wildman–Crippen LogP) is 4.86. The Balaban J connectivity index is 1.91. The van der Waals surface area contributed by atoms with Crippen molar-refractivity contribution >= 4 is 10.9 Å². The molecule has 3 aromatic rings. The second kappa shape index (κ2) is 9.58. The maximum Gasteiger partial charge on any atom is 0.166 e. The molecule has 0 aliphatic heterocycles. The Morgan fingerprint density at radius 3 is 1.92 bits per heavy atom. The number of methoxy groups -OCH3 is 1. The van der Waals surface area contributed by atoms with Crippen molar-refractivity contribution in [3.63, 3.8) is 0 Å². The third kappa shape index (κ3) is 4.98. The minimum atomic E-state index is -0.0883. The first-order chi connectivity index (χ1) is 12.8. The Morgan fingerprint density at radius 2 is 1.35 bits per heavy atom. The first-order valence-corrected chi connectivity index (χ1v) is 10.1.